The van der Waals surface area contributed by atoms with Crippen LogP contribution in [0.4, 0.5) is 0 Å². The maximum absolute atomic E-state index is 5.66. The quantitative estimate of drug-likeness (QED) is 0.680. The van der Waals surface area contributed by atoms with Crippen molar-refractivity contribution in [1.82, 2.24) is 4.98 Å². The van der Waals surface area contributed by atoms with Crippen molar-refractivity contribution in [2.24, 2.45) is 5.73 Å². The molecule has 0 amide bonds. The zero-order chi connectivity index (χ0) is 7.40. The summed E-state index contributed by atoms with van der Waals surface area (Å²) in [4.78, 5) is 3.96. The lowest BCUT2D eigenvalue weighted by Crippen LogP contribution is -2.21. The van der Waals surface area contributed by atoms with E-state index in [1.54, 1.807) is 12.5 Å². The molecule has 3 nitrogen and oxygen atoms in total. The number of nitrogens with two attached hydrogens (primary N) is 1. The Balaban J connectivity index is 2.40. The van der Waals surface area contributed by atoms with E-state index < -0.39 is 0 Å². The standard InChI is InChI=1S/C7H12N2O/c1-2-6(8)5-7-9-3-4-10-7/h3-4,6H,2,5,8H2,1H3. The minimum Gasteiger partial charge on any atom is -0.449 e. The number of hydrogen-bond donors (Lipinski definition) is 1. The van der Waals surface area contributed by atoms with E-state index in [2.05, 4.69) is 4.98 Å². The highest BCUT2D eigenvalue weighted by Gasteiger charge is 2.03. The van der Waals surface area contributed by atoms with E-state index in [9.17, 15) is 0 Å². The molecule has 0 aromatic carbocycles. The van der Waals surface area contributed by atoms with Gasteiger partial charge in [-0.1, -0.05) is 6.92 Å². The first-order valence-electron chi connectivity index (χ1n) is 3.47. The van der Waals surface area contributed by atoms with E-state index in [0.29, 0.717) is 0 Å². The lowest BCUT2D eigenvalue weighted by Gasteiger charge is -2.02. The van der Waals surface area contributed by atoms with Crippen molar-refractivity contribution in [3.63, 3.8) is 0 Å². The normalized spacial score (nSPS) is 13.4. The van der Waals surface area contributed by atoms with Crippen LogP contribution in [0.1, 0.15) is 19.2 Å². The van der Waals surface area contributed by atoms with E-state index >= 15 is 0 Å². The molecule has 0 spiro atoms. The number of rotatable bonds is 3. The first-order valence-corrected chi connectivity index (χ1v) is 3.47. The van der Waals surface area contributed by atoms with Gasteiger partial charge in [-0.15, -0.1) is 0 Å². The average Bonchev–Trinajstić information content (AvgIpc) is 2.40. The summed E-state index contributed by atoms with van der Waals surface area (Å²) in [5.41, 5.74) is 5.66. The summed E-state index contributed by atoms with van der Waals surface area (Å²) in [5, 5.41) is 0. The van der Waals surface area contributed by atoms with Gasteiger partial charge in [0.05, 0.1) is 6.20 Å². The lowest BCUT2D eigenvalue weighted by molar-refractivity contribution is 0.465. The van der Waals surface area contributed by atoms with Crippen molar-refractivity contribution in [3.05, 3.63) is 18.4 Å². The molecule has 56 valence electrons. The van der Waals surface area contributed by atoms with Crippen LogP contribution in [0.5, 0.6) is 0 Å². The van der Waals surface area contributed by atoms with Crippen molar-refractivity contribution >= 4 is 0 Å². The molecule has 1 heterocycles. The van der Waals surface area contributed by atoms with E-state index in [1.807, 2.05) is 6.92 Å². The van der Waals surface area contributed by atoms with Gasteiger partial charge in [0.1, 0.15) is 6.26 Å². The van der Waals surface area contributed by atoms with E-state index in [0.717, 1.165) is 18.7 Å². The van der Waals surface area contributed by atoms with Gasteiger partial charge in [-0.3, -0.25) is 0 Å². The Kier molecular flexibility index (Phi) is 2.45. The molecule has 1 unspecified atom stereocenters. The first-order chi connectivity index (χ1) is 4.83. The van der Waals surface area contributed by atoms with Crippen molar-refractivity contribution in [2.75, 3.05) is 0 Å². The molecule has 1 rings (SSSR count). The fraction of sp³-hybridized carbons (Fsp3) is 0.571. The van der Waals surface area contributed by atoms with Crippen LogP contribution in [0.2, 0.25) is 0 Å². The van der Waals surface area contributed by atoms with Gasteiger partial charge in [0, 0.05) is 12.5 Å². The summed E-state index contributed by atoms with van der Waals surface area (Å²) < 4.78 is 5.01. The molecule has 1 aromatic rings. The van der Waals surface area contributed by atoms with Crippen LogP contribution in [0.3, 0.4) is 0 Å². The SMILES string of the molecule is CCC(N)Cc1ncco1. The molecule has 0 saturated heterocycles. The van der Waals surface area contributed by atoms with E-state index in [4.69, 9.17) is 10.2 Å². The zero-order valence-corrected chi connectivity index (χ0v) is 6.08. The van der Waals surface area contributed by atoms with Crippen LogP contribution in [0, 0.1) is 0 Å². The minimum atomic E-state index is 0.179. The molecule has 3 heteroatoms. The molecule has 0 aliphatic carbocycles. The van der Waals surface area contributed by atoms with Crippen molar-refractivity contribution in [2.45, 2.75) is 25.8 Å². The van der Waals surface area contributed by atoms with Gasteiger partial charge in [-0.25, -0.2) is 4.98 Å². The van der Waals surface area contributed by atoms with Gasteiger partial charge in [-0.2, -0.15) is 0 Å². The Morgan fingerprint density at radius 1 is 1.80 bits per heavy atom. The fourth-order valence-electron chi connectivity index (χ4n) is 0.722. The molecule has 10 heavy (non-hydrogen) atoms. The summed E-state index contributed by atoms with van der Waals surface area (Å²) in [6.07, 6.45) is 4.90. The molecule has 0 radical (unpaired) electrons. The first kappa shape index (κ1) is 7.28. The predicted molar refractivity (Wildman–Crippen MR) is 38.5 cm³/mol. The average molecular weight is 140 g/mol. The van der Waals surface area contributed by atoms with Crippen LogP contribution >= 0.6 is 0 Å². The van der Waals surface area contributed by atoms with Gasteiger partial charge in [0.25, 0.3) is 0 Å². The van der Waals surface area contributed by atoms with Crippen molar-refractivity contribution in [1.29, 1.82) is 0 Å². The molecule has 0 bridgehead atoms. The molecule has 1 atom stereocenters. The zero-order valence-electron chi connectivity index (χ0n) is 6.08. The third-order valence-corrected chi connectivity index (χ3v) is 1.44. The molecule has 0 saturated carbocycles. The molecule has 0 aliphatic heterocycles. The van der Waals surface area contributed by atoms with Crippen LogP contribution in [0.25, 0.3) is 0 Å². The second-order valence-corrected chi connectivity index (χ2v) is 2.30. The van der Waals surface area contributed by atoms with Gasteiger partial charge >= 0.3 is 0 Å². The number of nitrogens with zero attached hydrogens (tertiary/aromatic N) is 1. The highest BCUT2D eigenvalue weighted by atomic mass is 16.3. The smallest absolute Gasteiger partial charge is 0.195 e. The highest BCUT2D eigenvalue weighted by molar-refractivity contribution is 4.83. The third-order valence-electron chi connectivity index (χ3n) is 1.44. The van der Waals surface area contributed by atoms with Crippen molar-refractivity contribution in [3.8, 4) is 0 Å². The summed E-state index contributed by atoms with van der Waals surface area (Å²) in [7, 11) is 0. The highest BCUT2D eigenvalue weighted by Crippen LogP contribution is 1.99. The van der Waals surface area contributed by atoms with E-state index in [1.165, 1.54) is 0 Å². The Morgan fingerprint density at radius 2 is 2.60 bits per heavy atom. The second-order valence-electron chi connectivity index (χ2n) is 2.30. The predicted octanol–water partition coefficient (Wildman–Crippen LogP) is 0.954. The molecular weight excluding hydrogens is 128 g/mol. The molecule has 0 aliphatic rings. The number of aromatic nitrogens is 1. The monoisotopic (exact) mass is 140 g/mol. The topological polar surface area (TPSA) is 52.0 Å². The maximum Gasteiger partial charge on any atom is 0.195 e. The second kappa shape index (κ2) is 3.37. The summed E-state index contributed by atoms with van der Waals surface area (Å²) in [5.74, 6) is 0.731. The maximum atomic E-state index is 5.66. The Bertz CT molecular complexity index is 172. The van der Waals surface area contributed by atoms with Crippen LogP contribution < -0.4 is 5.73 Å². The minimum absolute atomic E-state index is 0.179. The van der Waals surface area contributed by atoms with Crippen LogP contribution in [-0.4, -0.2) is 11.0 Å². The lowest BCUT2D eigenvalue weighted by atomic mass is 10.2. The Labute approximate surface area is 60.2 Å². The molecule has 1 aromatic heterocycles. The molecular formula is C7H12N2O. The summed E-state index contributed by atoms with van der Waals surface area (Å²) in [6, 6.07) is 0.179. The fourth-order valence-corrected chi connectivity index (χ4v) is 0.722. The molecule has 2 N–H and O–H groups in total. The van der Waals surface area contributed by atoms with Gasteiger partial charge in [0.15, 0.2) is 5.89 Å². The van der Waals surface area contributed by atoms with E-state index in [-0.39, 0.29) is 6.04 Å². The van der Waals surface area contributed by atoms with Crippen LogP contribution in [-0.2, 0) is 6.42 Å². The number of oxazole rings is 1. The van der Waals surface area contributed by atoms with Crippen LogP contribution in [0.15, 0.2) is 16.9 Å². The Hall–Kier alpha value is -0.830. The summed E-state index contributed by atoms with van der Waals surface area (Å²) in [6.45, 7) is 2.05. The van der Waals surface area contributed by atoms with Gasteiger partial charge in [-0.05, 0) is 6.42 Å². The van der Waals surface area contributed by atoms with Gasteiger partial charge < -0.3 is 10.2 Å². The number of hydrogen-bond acceptors (Lipinski definition) is 3. The third kappa shape index (κ3) is 1.84. The molecule has 0 fully saturated rings. The summed E-state index contributed by atoms with van der Waals surface area (Å²) >= 11 is 0. The van der Waals surface area contributed by atoms with Gasteiger partial charge in [0.2, 0.25) is 0 Å². The Morgan fingerprint density at radius 3 is 3.10 bits per heavy atom. The van der Waals surface area contributed by atoms with Crippen molar-refractivity contribution < 1.29 is 4.42 Å². The largest absolute Gasteiger partial charge is 0.449 e.